The lowest BCUT2D eigenvalue weighted by atomic mass is 9.86. The van der Waals surface area contributed by atoms with Crippen LogP contribution < -0.4 is 20.3 Å². The number of halogens is 1. The molecule has 0 aliphatic heterocycles. The Morgan fingerprint density at radius 1 is 1.03 bits per heavy atom. The summed E-state index contributed by atoms with van der Waals surface area (Å²) in [6.45, 7) is 11.6. The first-order valence-corrected chi connectivity index (χ1v) is 10.5. The van der Waals surface area contributed by atoms with Gasteiger partial charge in [0.25, 0.3) is 11.8 Å². The van der Waals surface area contributed by atoms with Gasteiger partial charge in [-0.2, -0.15) is 0 Å². The van der Waals surface area contributed by atoms with Crippen LogP contribution in [0, 0.1) is 13.8 Å². The number of hydrogen-bond donors (Lipinski definition) is 2. The first-order valence-electron chi connectivity index (χ1n) is 9.73. The van der Waals surface area contributed by atoms with Gasteiger partial charge in [-0.3, -0.25) is 20.4 Å². The zero-order valence-electron chi connectivity index (χ0n) is 18.3. The standard InChI is InChI=1S/C23H29BrN2O4/c1-14-7-9-18(11-15(14)2)30-16(3)22(28)26-25-21(27)13-29-20-10-8-17(24)12-19(20)23(4,5)6/h7-12,16H,13H2,1-6H3,(H,25,27)(H,26,28). The van der Waals surface area contributed by atoms with Crippen LogP contribution in [0.25, 0.3) is 0 Å². The molecule has 7 heteroatoms. The number of carbonyl (C=O) groups excluding carboxylic acids is 2. The third-order valence-electron chi connectivity index (χ3n) is 4.59. The summed E-state index contributed by atoms with van der Waals surface area (Å²) in [7, 11) is 0. The lowest BCUT2D eigenvalue weighted by Gasteiger charge is -2.23. The highest BCUT2D eigenvalue weighted by atomic mass is 79.9. The Morgan fingerprint density at radius 3 is 2.37 bits per heavy atom. The second kappa shape index (κ2) is 9.98. The number of carbonyl (C=O) groups is 2. The van der Waals surface area contributed by atoms with Crippen LogP contribution in [0.15, 0.2) is 40.9 Å². The van der Waals surface area contributed by atoms with E-state index in [1.54, 1.807) is 6.92 Å². The van der Waals surface area contributed by atoms with E-state index in [1.807, 2.05) is 50.2 Å². The molecule has 0 aromatic heterocycles. The van der Waals surface area contributed by atoms with Crippen molar-refractivity contribution in [3.05, 3.63) is 57.6 Å². The average molecular weight is 477 g/mol. The molecule has 0 aliphatic rings. The third-order valence-corrected chi connectivity index (χ3v) is 5.09. The van der Waals surface area contributed by atoms with Crippen molar-refractivity contribution >= 4 is 27.7 Å². The number of hydrazine groups is 1. The minimum Gasteiger partial charge on any atom is -0.483 e. The van der Waals surface area contributed by atoms with Crippen LogP contribution in [0.2, 0.25) is 0 Å². The summed E-state index contributed by atoms with van der Waals surface area (Å²) < 4.78 is 12.3. The fourth-order valence-electron chi connectivity index (χ4n) is 2.67. The van der Waals surface area contributed by atoms with Crippen LogP contribution in [-0.2, 0) is 15.0 Å². The van der Waals surface area contributed by atoms with Gasteiger partial charge in [0.2, 0.25) is 0 Å². The predicted octanol–water partition coefficient (Wildman–Crippen LogP) is 4.36. The maximum atomic E-state index is 12.2. The summed E-state index contributed by atoms with van der Waals surface area (Å²) in [5, 5.41) is 0. The van der Waals surface area contributed by atoms with Gasteiger partial charge < -0.3 is 9.47 Å². The van der Waals surface area contributed by atoms with Crippen molar-refractivity contribution in [3.8, 4) is 11.5 Å². The van der Waals surface area contributed by atoms with E-state index in [9.17, 15) is 9.59 Å². The smallest absolute Gasteiger partial charge is 0.279 e. The Hall–Kier alpha value is -2.54. The van der Waals surface area contributed by atoms with E-state index in [4.69, 9.17) is 9.47 Å². The summed E-state index contributed by atoms with van der Waals surface area (Å²) in [6, 6.07) is 11.3. The Labute approximate surface area is 186 Å². The number of rotatable bonds is 6. The van der Waals surface area contributed by atoms with E-state index in [1.165, 1.54) is 0 Å². The van der Waals surface area contributed by atoms with Gasteiger partial charge in [0, 0.05) is 10.0 Å². The molecule has 0 saturated heterocycles. The molecule has 30 heavy (non-hydrogen) atoms. The lowest BCUT2D eigenvalue weighted by Crippen LogP contribution is -2.48. The van der Waals surface area contributed by atoms with Gasteiger partial charge in [-0.15, -0.1) is 0 Å². The molecule has 6 nitrogen and oxygen atoms in total. The maximum Gasteiger partial charge on any atom is 0.279 e. The predicted molar refractivity (Wildman–Crippen MR) is 121 cm³/mol. The zero-order chi connectivity index (χ0) is 22.5. The van der Waals surface area contributed by atoms with Gasteiger partial charge in [0.15, 0.2) is 12.7 Å². The molecule has 2 amide bonds. The minimum atomic E-state index is -0.771. The largest absolute Gasteiger partial charge is 0.483 e. The molecule has 162 valence electrons. The maximum absolute atomic E-state index is 12.2. The number of hydrogen-bond acceptors (Lipinski definition) is 4. The van der Waals surface area contributed by atoms with Gasteiger partial charge in [-0.25, -0.2) is 0 Å². The van der Waals surface area contributed by atoms with Crippen LogP contribution >= 0.6 is 15.9 Å². The highest BCUT2D eigenvalue weighted by Crippen LogP contribution is 2.33. The number of nitrogens with one attached hydrogen (secondary N) is 2. The molecule has 0 bridgehead atoms. The van der Waals surface area contributed by atoms with Crippen molar-refractivity contribution in [3.63, 3.8) is 0 Å². The Kier molecular flexibility index (Phi) is 7.89. The van der Waals surface area contributed by atoms with Gasteiger partial charge in [-0.05, 0) is 67.6 Å². The molecule has 0 radical (unpaired) electrons. The molecular formula is C23H29BrN2O4. The normalized spacial score (nSPS) is 12.1. The monoisotopic (exact) mass is 476 g/mol. The van der Waals surface area contributed by atoms with Gasteiger partial charge in [0.05, 0.1) is 0 Å². The van der Waals surface area contributed by atoms with Crippen LogP contribution in [0.4, 0.5) is 0 Å². The molecule has 2 rings (SSSR count). The van der Waals surface area contributed by atoms with E-state index >= 15 is 0 Å². The number of ether oxygens (including phenoxy) is 2. The summed E-state index contributed by atoms with van der Waals surface area (Å²) in [5.41, 5.74) is 7.77. The van der Waals surface area contributed by atoms with Crippen molar-refractivity contribution < 1.29 is 19.1 Å². The van der Waals surface area contributed by atoms with E-state index in [0.717, 1.165) is 21.2 Å². The molecule has 2 N–H and O–H groups in total. The molecule has 0 heterocycles. The summed E-state index contributed by atoms with van der Waals surface area (Å²) >= 11 is 3.46. The Bertz CT molecular complexity index is 922. The molecule has 0 fully saturated rings. The first-order chi connectivity index (χ1) is 14.0. The summed E-state index contributed by atoms with van der Waals surface area (Å²) in [6.07, 6.45) is -0.771. The molecule has 0 aliphatic carbocycles. The summed E-state index contributed by atoms with van der Waals surface area (Å²) in [5.74, 6) is 0.295. The topological polar surface area (TPSA) is 76.7 Å². The number of aryl methyl sites for hydroxylation is 2. The first kappa shape index (κ1) is 23.7. The summed E-state index contributed by atoms with van der Waals surface area (Å²) in [4.78, 5) is 24.3. The molecule has 0 spiro atoms. The lowest BCUT2D eigenvalue weighted by molar-refractivity contribution is -0.133. The quantitative estimate of drug-likeness (QED) is 0.607. The van der Waals surface area contributed by atoms with Crippen molar-refractivity contribution in [1.29, 1.82) is 0 Å². The Morgan fingerprint density at radius 2 is 1.73 bits per heavy atom. The van der Waals surface area contributed by atoms with E-state index in [2.05, 4.69) is 47.6 Å². The fourth-order valence-corrected chi connectivity index (χ4v) is 3.03. The van der Waals surface area contributed by atoms with Gasteiger partial charge in [0.1, 0.15) is 11.5 Å². The van der Waals surface area contributed by atoms with Crippen LogP contribution in [0.3, 0.4) is 0 Å². The molecule has 1 unspecified atom stereocenters. The second-order valence-electron chi connectivity index (χ2n) is 8.22. The molecule has 0 saturated carbocycles. The van der Waals surface area contributed by atoms with Gasteiger partial charge >= 0.3 is 0 Å². The van der Waals surface area contributed by atoms with Crippen molar-refractivity contribution in [2.24, 2.45) is 0 Å². The third kappa shape index (κ3) is 6.76. The van der Waals surface area contributed by atoms with Gasteiger partial charge in [-0.1, -0.05) is 42.8 Å². The van der Waals surface area contributed by atoms with Crippen LogP contribution in [0.1, 0.15) is 44.4 Å². The van der Waals surface area contributed by atoms with Crippen LogP contribution in [-0.4, -0.2) is 24.5 Å². The Balaban J connectivity index is 1.86. The number of amides is 2. The highest BCUT2D eigenvalue weighted by molar-refractivity contribution is 9.10. The van der Waals surface area contributed by atoms with E-state index < -0.39 is 17.9 Å². The average Bonchev–Trinajstić information content (AvgIpc) is 2.67. The van der Waals surface area contributed by atoms with Crippen molar-refractivity contribution in [2.45, 2.75) is 53.1 Å². The molecule has 1 atom stereocenters. The molecule has 2 aromatic carbocycles. The molecule has 2 aromatic rings. The number of benzene rings is 2. The fraction of sp³-hybridized carbons (Fsp3) is 0.391. The zero-order valence-corrected chi connectivity index (χ0v) is 19.8. The SMILES string of the molecule is Cc1ccc(OC(C)C(=O)NNC(=O)COc2ccc(Br)cc2C(C)(C)C)cc1C. The van der Waals surface area contributed by atoms with Crippen molar-refractivity contribution in [2.75, 3.05) is 6.61 Å². The van der Waals surface area contributed by atoms with Crippen molar-refractivity contribution in [1.82, 2.24) is 10.9 Å². The van der Waals surface area contributed by atoms with E-state index in [0.29, 0.717) is 11.5 Å². The molecular weight excluding hydrogens is 448 g/mol. The van der Waals surface area contributed by atoms with E-state index in [-0.39, 0.29) is 12.0 Å². The minimum absolute atomic E-state index is 0.148. The van der Waals surface area contributed by atoms with Crippen LogP contribution in [0.5, 0.6) is 11.5 Å². The second-order valence-corrected chi connectivity index (χ2v) is 9.14. The highest BCUT2D eigenvalue weighted by Gasteiger charge is 2.20.